The van der Waals surface area contributed by atoms with Crippen molar-refractivity contribution >= 4 is 12.1 Å². The van der Waals surface area contributed by atoms with E-state index < -0.39 is 23.8 Å². The molecule has 0 bridgehead atoms. The van der Waals surface area contributed by atoms with Gasteiger partial charge in [-0.2, -0.15) is 0 Å². The zero-order chi connectivity index (χ0) is 13.5. The molecule has 100 valence electrons. The van der Waals surface area contributed by atoms with E-state index in [4.69, 9.17) is 4.74 Å². The molecular weight excluding hydrogens is 229 g/mol. The zero-order valence-corrected chi connectivity index (χ0v) is 10.7. The van der Waals surface area contributed by atoms with E-state index in [0.29, 0.717) is 0 Å². The van der Waals surface area contributed by atoms with Gasteiger partial charge in [0.2, 0.25) is 0 Å². The highest BCUT2D eigenvalue weighted by Crippen LogP contribution is 2.06. The quantitative estimate of drug-likeness (QED) is 0.755. The maximum Gasteiger partial charge on any atom is 0.407 e. The number of amides is 1. The summed E-state index contributed by atoms with van der Waals surface area (Å²) in [5, 5.41) is 2.36. The molecule has 0 spiro atoms. The van der Waals surface area contributed by atoms with Crippen LogP contribution in [-0.2, 0) is 14.3 Å². The predicted octanol–water partition coefficient (Wildman–Crippen LogP) is 1.80. The first kappa shape index (κ1) is 15.7. The summed E-state index contributed by atoms with van der Waals surface area (Å²) < 4.78 is 22.5. The second-order valence-corrected chi connectivity index (χ2v) is 4.44. The van der Waals surface area contributed by atoms with Crippen LogP contribution >= 0.6 is 0 Å². The van der Waals surface area contributed by atoms with Crippen LogP contribution in [0.4, 0.5) is 9.18 Å². The lowest BCUT2D eigenvalue weighted by atomic mass is 10.2. The Morgan fingerprint density at radius 2 is 1.94 bits per heavy atom. The molecule has 0 aliphatic carbocycles. The van der Waals surface area contributed by atoms with E-state index in [-0.39, 0.29) is 19.6 Å². The molecule has 0 radical (unpaired) electrons. The minimum absolute atomic E-state index is 0.0227. The highest BCUT2D eigenvalue weighted by molar-refractivity contribution is 5.74. The Kier molecular flexibility index (Phi) is 6.53. The average Bonchev–Trinajstić information content (AvgIpc) is 2.14. The van der Waals surface area contributed by atoms with Gasteiger partial charge in [0.15, 0.2) is 6.17 Å². The van der Waals surface area contributed by atoms with Crippen molar-refractivity contribution < 1.29 is 23.5 Å². The summed E-state index contributed by atoms with van der Waals surface area (Å²) in [7, 11) is 0. The maximum absolute atomic E-state index is 13.1. The average molecular weight is 249 g/mol. The Bertz CT molecular complexity index is 263. The van der Waals surface area contributed by atoms with E-state index in [1.54, 1.807) is 27.7 Å². The lowest BCUT2D eigenvalue weighted by Crippen LogP contribution is -2.34. The third-order valence-electron chi connectivity index (χ3n) is 1.61. The van der Waals surface area contributed by atoms with Crippen LogP contribution in [-0.4, -0.2) is 37.0 Å². The Hall–Kier alpha value is -1.33. The van der Waals surface area contributed by atoms with Crippen LogP contribution in [0, 0.1) is 0 Å². The molecule has 0 aromatic rings. The number of esters is 1. The standard InChI is InChI=1S/C11H20FNO4/c1-5-16-9(14)8(12)6-7-13-10(15)17-11(2,3)4/h8H,5-7H2,1-4H3,(H,13,15). The molecule has 0 aliphatic heterocycles. The summed E-state index contributed by atoms with van der Waals surface area (Å²) in [5.74, 6) is -0.904. The molecule has 17 heavy (non-hydrogen) atoms. The summed E-state index contributed by atoms with van der Waals surface area (Å²) >= 11 is 0. The van der Waals surface area contributed by atoms with Crippen molar-refractivity contribution in [2.75, 3.05) is 13.2 Å². The van der Waals surface area contributed by atoms with Crippen LogP contribution in [0.1, 0.15) is 34.1 Å². The second kappa shape index (κ2) is 7.09. The molecule has 1 unspecified atom stereocenters. The zero-order valence-electron chi connectivity index (χ0n) is 10.7. The van der Waals surface area contributed by atoms with E-state index in [0.717, 1.165) is 0 Å². The number of hydrogen-bond acceptors (Lipinski definition) is 4. The fourth-order valence-electron chi connectivity index (χ4n) is 0.966. The predicted molar refractivity (Wildman–Crippen MR) is 60.4 cm³/mol. The van der Waals surface area contributed by atoms with Gasteiger partial charge in [-0.25, -0.2) is 14.0 Å². The molecule has 0 rings (SSSR count). The Labute approximate surface area is 101 Å². The van der Waals surface area contributed by atoms with Crippen molar-refractivity contribution in [3.8, 4) is 0 Å². The monoisotopic (exact) mass is 249 g/mol. The fraction of sp³-hybridized carbons (Fsp3) is 0.818. The number of rotatable bonds is 5. The minimum Gasteiger partial charge on any atom is -0.464 e. The molecule has 1 atom stereocenters. The number of alkyl carbamates (subject to hydrolysis) is 1. The number of ether oxygens (including phenoxy) is 2. The van der Waals surface area contributed by atoms with Gasteiger partial charge in [0, 0.05) is 13.0 Å². The van der Waals surface area contributed by atoms with E-state index in [1.807, 2.05) is 0 Å². The van der Waals surface area contributed by atoms with Gasteiger partial charge in [-0.05, 0) is 27.7 Å². The van der Waals surface area contributed by atoms with Crippen molar-refractivity contribution in [1.82, 2.24) is 5.32 Å². The minimum atomic E-state index is -1.72. The molecule has 0 saturated heterocycles. The van der Waals surface area contributed by atoms with Gasteiger partial charge in [0.05, 0.1) is 6.61 Å². The van der Waals surface area contributed by atoms with Crippen LogP contribution in [0.3, 0.4) is 0 Å². The lowest BCUT2D eigenvalue weighted by molar-refractivity contribution is -0.149. The van der Waals surface area contributed by atoms with E-state index >= 15 is 0 Å². The van der Waals surface area contributed by atoms with Gasteiger partial charge in [0.1, 0.15) is 5.60 Å². The molecule has 6 heteroatoms. The Morgan fingerprint density at radius 3 is 2.41 bits per heavy atom. The number of halogens is 1. The first-order chi connectivity index (χ1) is 7.76. The largest absolute Gasteiger partial charge is 0.464 e. The van der Waals surface area contributed by atoms with Gasteiger partial charge >= 0.3 is 12.1 Å². The van der Waals surface area contributed by atoms with Crippen LogP contribution in [0.2, 0.25) is 0 Å². The number of alkyl halides is 1. The normalized spacial score (nSPS) is 12.8. The molecule has 1 N–H and O–H groups in total. The highest BCUT2D eigenvalue weighted by atomic mass is 19.1. The summed E-state index contributed by atoms with van der Waals surface area (Å²) in [6.45, 7) is 6.94. The van der Waals surface area contributed by atoms with Gasteiger partial charge in [-0.3, -0.25) is 0 Å². The van der Waals surface area contributed by atoms with Crippen LogP contribution in [0.5, 0.6) is 0 Å². The third kappa shape index (κ3) is 8.47. The molecule has 0 aromatic heterocycles. The number of carbonyl (C=O) groups is 2. The van der Waals surface area contributed by atoms with Crippen molar-refractivity contribution in [2.45, 2.75) is 45.9 Å². The molecule has 0 saturated carbocycles. The lowest BCUT2D eigenvalue weighted by Gasteiger charge is -2.19. The SMILES string of the molecule is CCOC(=O)C(F)CCNC(=O)OC(C)(C)C. The van der Waals surface area contributed by atoms with E-state index in [1.165, 1.54) is 0 Å². The molecule has 0 aliphatic rings. The number of hydrogen-bond donors (Lipinski definition) is 1. The van der Waals surface area contributed by atoms with Gasteiger partial charge < -0.3 is 14.8 Å². The van der Waals surface area contributed by atoms with Crippen LogP contribution in [0.15, 0.2) is 0 Å². The summed E-state index contributed by atoms with van der Waals surface area (Å²) in [5.41, 5.74) is -0.597. The topological polar surface area (TPSA) is 64.6 Å². The molecule has 1 amide bonds. The molecule has 0 heterocycles. The van der Waals surface area contributed by atoms with Crippen LogP contribution < -0.4 is 5.32 Å². The summed E-state index contributed by atoms with van der Waals surface area (Å²) in [6.07, 6.45) is -2.48. The van der Waals surface area contributed by atoms with Gasteiger partial charge in [-0.1, -0.05) is 0 Å². The summed E-state index contributed by atoms with van der Waals surface area (Å²) in [4.78, 5) is 22.1. The fourth-order valence-corrected chi connectivity index (χ4v) is 0.966. The van der Waals surface area contributed by atoms with Gasteiger partial charge in [-0.15, -0.1) is 0 Å². The molecule has 5 nitrogen and oxygen atoms in total. The number of carbonyl (C=O) groups excluding carboxylic acids is 2. The van der Waals surface area contributed by atoms with Crippen molar-refractivity contribution in [3.63, 3.8) is 0 Å². The van der Waals surface area contributed by atoms with E-state index in [9.17, 15) is 14.0 Å². The second-order valence-electron chi connectivity index (χ2n) is 4.44. The molecule has 0 aromatic carbocycles. The van der Waals surface area contributed by atoms with Crippen LogP contribution in [0.25, 0.3) is 0 Å². The summed E-state index contributed by atoms with van der Waals surface area (Å²) in [6, 6.07) is 0. The Balaban J connectivity index is 3.77. The molecular formula is C11H20FNO4. The first-order valence-corrected chi connectivity index (χ1v) is 5.54. The maximum atomic E-state index is 13.1. The highest BCUT2D eigenvalue weighted by Gasteiger charge is 2.19. The first-order valence-electron chi connectivity index (χ1n) is 5.54. The number of nitrogens with one attached hydrogen (secondary N) is 1. The van der Waals surface area contributed by atoms with Crippen molar-refractivity contribution in [1.29, 1.82) is 0 Å². The molecule has 0 fully saturated rings. The van der Waals surface area contributed by atoms with Crippen molar-refractivity contribution in [3.05, 3.63) is 0 Å². The Morgan fingerprint density at radius 1 is 1.35 bits per heavy atom. The smallest absolute Gasteiger partial charge is 0.407 e. The van der Waals surface area contributed by atoms with Gasteiger partial charge in [0.25, 0.3) is 0 Å². The van der Waals surface area contributed by atoms with E-state index in [2.05, 4.69) is 10.1 Å². The third-order valence-corrected chi connectivity index (χ3v) is 1.61. The van der Waals surface area contributed by atoms with Crippen molar-refractivity contribution in [2.24, 2.45) is 0 Å².